The van der Waals surface area contributed by atoms with Crippen molar-refractivity contribution in [3.63, 3.8) is 0 Å². The zero-order valence-electron chi connectivity index (χ0n) is 12.6. The van der Waals surface area contributed by atoms with E-state index in [-0.39, 0.29) is 11.6 Å². The molecule has 0 aliphatic rings. The van der Waals surface area contributed by atoms with Crippen LogP contribution in [0.3, 0.4) is 0 Å². The molecule has 0 aliphatic heterocycles. The highest BCUT2D eigenvalue weighted by Crippen LogP contribution is 2.27. The fourth-order valence-electron chi connectivity index (χ4n) is 2.37. The summed E-state index contributed by atoms with van der Waals surface area (Å²) in [6, 6.07) is 12.8. The van der Waals surface area contributed by atoms with Crippen LogP contribution in [0.5, 0.6) is 0 Å². The van der Waals surface area contributed by atoms with E-state index in [0.717, 1.165) is 10.9 Å². The molecule has 4 nitrogen and oxygen atoms in total. The van der Waals surface area contributed by atoms with Gasteiger partial charge in [0.05, 0.1) is 5.69 Å². The zero-order valence-corrected chi connectivity index (χ0v) is 14.2. The predicted octanol–water partition coefficient (Wildman–Crippen LogP) is 5.60. The maximum Gasteiger partial charge on any atom is 0.293 e. The van der Waals surface area contributed by atoms with E-state index in [4.69, 9.17) is 16.0 Å². The molecule has 0 atom stereocenters. The number of thiazole rings is 1. The van der Waals surface area contributed by atoms with Crippen LogP contribution in [0.2, 0.25) is 5.02 Å². The molecular formula is C18H10ClFN2O2S. The quantitative estimate of drug-likeness (QED) is 0.509. The summed E-state index contributed by atoms with van der Waals surface area (Å²) >= 11 is 7.22. The van der Waals surface area contributed by atoms with Gasteiger partial charge in [-0.2, -0.15) is 0 Å². The van der Waals surface area contributed by atoms with E-state index in [1.54, 1.807) is 41.8 Å². The molecule has 7 heteroatoms. The number of fused-ring (bicyclic) bond motifs is 1. The van der Waals surface area contributed by atoms with Crippen molar-refractivity contribution in [3.05, 3.63) is 70.5 Å². The van der Waals surface area contributed by atoms with Gasteiger partial charge in [0.2, 0.25) is 0 Å². The molecule has 1 N–H and O–H groups in total. The van der Waals surface area contributed by atoms with Crippen molar-refractivity contribution in [1.29, 1.82) is 0 Å². The van der Waals surface area contributed by atoms with Crippen molar-refractivity contribution >= 4 is 44.9 Å². The summed E-state index contributed by atoms with van der Waals surface area (Å²) in [6.45, 7) is 0. The molecule has 124 valence electrons. The predicted molar refractivity (Wildman–Crippen MR) is 96.7 cm³/mol. The van der Waals surface area contributed by atoms with Gasteiger partial charge in [0.25, 0.3) is 5.91 Å². The Labute approximate surface area is 150 Å². The standard InChI is InChI=1S/C18H10ClFN2O2S/c19-12-3-6-15-11(7-12)8-16(24-15)17(23)22-18-21-14(9-25-18)10-1-4-13(20)5-2-10/h1-9H,(H,21,22,23). The van der Waals surface area contributed by atoms with Gasteiger partial charge in [0.15, 0.2) is 10.9 Å². The summed E-state index contributed by atoms with van der Waals surface area (Å²) in [5.74, 6) is -0.527. The van der Waals surface area contributed by atoms with E-state index in [9.17, 15) is 9.18 Å². The summed E-state index contributed by atoms with van der Waals surface area (Å²) in [6.07, 6.45) is 0. The molecule has 0 unspecified atom stereocenters. The molecule has 0 radical (unpaired) electrons. The van der Waals surface area contributed by atoms with E-state index in [1.807, 2.05) is 0 Å². The third-order valence-electron chi connectivity index (χ3n) is 3.57. The fourth-order valence-corrected chi connectivity index (χ4v) is 3.26. The lowest BCUT2D eigenvalue weighted by atomic mass is 10.2. The normalized spacial score (nSPS) is 11.0. The number of carbonyl (C=O) groups excluding carboxylic acids is 1. The molecule has 1 amide bonds. The summed E-state index contributed by atoms with van der Waals surface area (Å²) in [7, 11) is 0. The summed E-state index contributed by atoms with van der Waals surface area (Å²) in [5.41, 5.74) is 2.02. The van der Waals surface area contributed by atoms with Crippen LogP contribution in [0.1, 0.15) is 10.6 Å². The highest BCUT2D eigenvalue weighted by molar-refractivity contribution is 7.14. The van der Waals surface area contributed by atoms with Crippen molar-refractivity contribution in [3.8, 4) is 11.3 Å². The number of nitrogens with one attached hydrogen (secondary N) is 1. The van der Waals surface area contributed by atoms with Crippen molar-refractivity contribution < 1.29 is 13.6 Å². The summed E-state index contributed by atoms with van der Waals surface area (Å²) in [4.78, 5) is 16.7. The van der Waals surface area contributed by atoms with E-state index in [2.05, 4.69) is 10.3 Å². The Morgan fingerprint density at radius 3 is 2.76 bits per heavy atom. The monoisotopic (exact) mass is 372 g/mol. The van der Waals surface area contributed by atoms with Gasteiger partial charge < -0.3 is 4.42 Å². The molecule has 0 aliphatic carbocycles. The van der Waals surface area contributed by atoms with Gasteiger partial charge in [-0.15, -0.1) is 11.3 Å². The first-order valence-corrected chi connectivity index (χ1v) is 8.56. The van der Waals surface area contributed by atoms with E-state index < -0.39 is 5.91 Å². The SMILES string of the molecule is O=C(Nc1nc(-c2ccc(F)cc2)cs1)c1cc2cc(Cl)ccc2o1. The van der Waals surface area contributed by atoms with Crippen molar-refractivity contribution in [1.82, 2.24) is 4.98 Å². The van der Waals surface area contributed by atoms with E-state index in [1.165, 1.54) is 23.5 Å². The Hall–Kier alpha value is -2.70. The second-order valence-electron chi connectivity index (χ2n) is 5.29. The van der Waals surface area contributed by atoms with Crippen LogP contribution >= 0.6 is 22.9 Å². The number of halogens is 2. The molecule has 2 aromatic heterocycles. The number of hydrogen-bond acceptors (Lipinski definition) is 4. The van der Waals surface area contributed by atoms with Gasteiger partial charge in [0.1, 0.15) is 11.4 Å². The highest BCUT2D eigenvalue weighted by atomic mass is 35.5. The lowest BCUT2D eigenvalue weighted by molar-refractivity contribution is 0.0998. The molecule has 0 saturated carbocycles. The molecule has 4 rings (SSSR count). The van der Waals surface area contributed by atoms with E-state index in [0.29, 0.717) is 21.4 Å². The topological polar surface area (TPSA) is 55.1 Å². The number of nitrogens with zero attached hydrogens (tertiary/aromatic N) is 1. The van der Waals surface area contributed by atoms with Crippen LogP contribution in [-0.2, 0) is 0 Å². The van der Waals surface area contributed by atoms with Gasteiger partial charge in [0, 0.05) is 21.4 Å². The number of aromatic nitrogens is 1. The molecular weight excluding hydrogens is 363 g/mol. The molecule has 0 saturated heterocycles. The van der Waals surface area contributed by atoms with Gasteiger partial charge in [-0.1, -0.05) is 11.6 Å². The average Bonchev–Trinajstić information content (AvgIpc) is 3.22. The molecule has 25 heavy (non-hydrogen) atoms. The minimum Gasteiger partial charge on any atom is -0.451 e. The molecule has 0 bridgehead atoms. The van der Waals surface area contributed by atoms with Gasteiger partial charge in [-0.25, -0.2) is 9.37 Å². The van der Waals surface area contributed by atoms with Crippen LogP contribution in [0.25, 0.3) is 22.2 Å². The second kappa shape index (κ2) is 6.31. The highest BCUT2D eigenvalue weighted by Gasteiger charge is 2.15. The van der Waals surface area contributed by atoms with E-state index >= 15 is 0 Å². The van der Waals surface area contributed by atoms with Crippen LogP contribution in [-0.4, -0.2) is 10.9 Å². The Morgan fingerprint density at radius 1 is 1.16 bits per heavy atom. The molecule has 2 heterocycles. The lowest BCUT2D eigenvalue weighted by Gasteiger charge is -1.98. The van der Waals surface area contributed by atoms with Crippen LogP contribution in [0, 0.1) is 5.82 Å². The van der Waals surface area contributed by atoms with Crippen molar-refractivity contribution in [2.24, 2.45) is 0 Å². The number of benzene rings is 2. The van der Waals surface area contributed by atoms with Crippen molar-refractivity contribution in [2.75, 3.05) is 5.32 Å². The zero-order chi connectivity index (χ0) is 17.4. The third kappa shape index (κ3) is 3.26. The number of furan rings is 1. The average molecular weight is 373 g/mol. The smallest absolute Gasteiger partial charge is 0.293 e. The molecule has 2 aromatic carbocycles. The Bertz CT molecular complexity index is 1070. The van der Waals surface area contributed by atoms with Gasteiger partial charge in [-0.05, 0) is 48.5 Å². The van der Waals surface area contributed by atoms with Crippen LogP contribution in [0.4, 0.5) is 9.52 Å². The van der Waals surface area contributed by atoms with Gasteiger partial charge in [-0.3, -0.25) is 10.1 Å². The van der Waals surface area contributed by atoms with Crippen molar-refractivity contribution in [2.45, 2.75) is 0 Å². The van der Waals surface area contributed by atoms with Gasteiger partial charge >= 0.3 is 0 Å². The first-order chi connectivity index (χ1) is 12.1. The van der Waals surface area contributed by atoms with Crippen LogP contribution in [0.15, 0.2) is 58.3 Å². The number of rotatable bonds is 3. The molecule has 0 fully saturated rings. The first-order valence-electron chi connectivity index (χ1n) is 7.30. The lowest BCUT2D eigenvalue weighted by Crippen LogP contribution is -2.10. The Morgan fingerprint density at radius 2 is 1.96 bits per heavy atom. The number of anilines is 1. The second-order valence-corrected chi connectivity index (χ2v) is 6.59. The number of carbonyl (C=O) groups is 1. The minimum atomic E-state index is -0.396. The maximum absolute atomic E-state index is 13.0. The summed E-state index contributed by atoms with van der Waals surface area (Å²) < 4.78 is 18.5. The third-order valence-corrected chi connectivity index (χ3v) is 4.56. The molecule has 0 spiro atoms. The van der Waals surface area contributed by atoms with Crippen LogP contribution < -0.4 is 5.32 Å². The minimum absolute atomic E-state index is 0.177. The maximum atomic E-state index is 13.0. The Kier molecular flexibility index (Phi) is 3.99. The first kappa shape index (κ1) is 15.8. The Balaban J connectivity index is 1.55. The molecule has 4 aromatic rings. The number of amides is 1. The fraction of sp³-hybridized carbons (Fsp3) is 0. The summed E-state index contributed by atoms with van der Waals surface area (Å²) in [5, 5.41) is 6.26. The largest absolute Gasteiger partial charge is 0.451 e. The number of hydrogen-bond donors (Lipinski definition) is 1.